The highest BCUT2D eigenvalue weighted by Gasteiger charge is 2.51. The molecule has 3 aliphatic rings. The molecule has 0 N–H and O–H groups in total. The molecule has 10 heteroatoms. The lowest BCUT2D eigenvalue weighted by Crippen LogP contribution is -2.56. The van der Waals surface area contributed by atoms with Crippen molar-refractivity contribution in [2.75, 3.05) is 18.0 Å². The molecule has 0 spiro atoms. The summed E-state index contributed by atoms with van der Waals surface area (Å²) in [5, 5.41) is 4.42. The molecule has 4 atom stereocenters. The molecule has 0 radical (unpaired) electrons. The van der Waals surface area contributed by atoms with Crippen LogP contribution in [0.15, 0.2) is 42.9 Å². The number of nitrogens with zero attached hydrogens (tertiary/aromatic N) is 5. The summed E-state index contributed by atoms with van der Waals surface area (Å²) in [7, 11) is 0. The van der Waals surface area contributed by atoms with E-state index < -0.39 is 18.7 Å². The van der Waals surface area contributed by atoms with E-state index in [1.807, 2.05) is 23.2 Å². The standard InChI is InChI=1S/C23H22F3N5O2/c24-18-8-17(18)22(32)31-15-2-3-16(31)12-29(11-15)19-5-6-28-30-10-14(7-20(19)30)13-1-4-21(27-9-13)33-23(25)26/h1,4-7,9-10,15-18,23H,2-3,8,11-12H2/t15?,16?,17-,18-/m1/s1. The van der Waals surface area contributed by atoms with Gasteiger partial charge in [0.1, 0.15) is 6.17 Å². The lowest BCUT2D eigenvalue weighted by atomic mass is 10.1. The smallest absolute Gasteiger partial charge is 0.388 e. The number of hydrogen-bond donors (Lipinski definition) is 0. The number of fused-ring (bicyclic) bond motifs is 3. The SMILES string of the molecule is O=C([C@@H]1C[C@H]1F)N1C2CCC1CN(c1ccnn3cc(-c4ccc(OC(F)F)nc4)cc13)C2. The zero-order valence-corrected chi connectivity index (χ0v) is 17.7. The second-order valence-corrected chi connectivity index (χ2v) is 8.93. The van der Waals surface area contributed by atoms with Crippen molar-refractivity contribution in [3.63, 3.8) is 0 Å². The molecule has 2 aliphatic heterocycles. The molecular weight excluding hydrogens is 435 g/mol. The molecule has 3 fully saturated rings. The number of anilines is 1. The summed E-state index contributed by atoms with van der Waals surface area (Å²) in [5.41, 5.74) is 3.53. The molecule has 2 bridgehead atoms. The zero-order valence-electron chi connectivity index (χ0n) is 17.7. The van der Waals surface area contributed by atoms with Gasteiger partial charge in [-0.2, -0.15) is 13.9 Å². The van der Waals surface area contributed by atoms with Crippen LogP contribution in [-0.2, 0) is 4.79 Å². The molecule has 7 nitrogen and oxygen atoms in total. The van der Waals surface area contributed by atoms with E-state index in [0.717, 1.165) is 35.2 Å². The van der Waals surface area contributed by atoms with Gasteiger partial charge in [-0.05, 0) is 37.5 Å². The molecule has 3 aromatic heterocycles. The number of amides is 1. The Morgan fingerprint density at radius 2 is 1.88 bits per heavy atom. The van der Waals surface area contributed by atoms with Crippen LogP contribution in [0.3, 0.4) is 0 Å². The summed E-state index contributed by atoms with van der Waals surface area (Å²) in [5.74, 6) is -0.595. The van der Waals surface area contributed by atoms with Crippen molar-refractivity contribution in [2.24, 2.45) is 5.92 Å². The first-order valence-corrected chi connectivity index (χ1v) is 11.1. The van der Waals surface area contributed by atoms with Crippen LogP contribution in [0.5, 0.6) is 5.88 Å². The highest BCUT2D eigenvalue weighted by Crippen LogP contribution is 2.41. The Kier molecular flexibility index (Phi) is 4.70. The summed E-state index contributed by atoms with van der Waals surface area (Å²) < 4.78 is 44.3. The van der Waals surface area contributed by atoms with Crippen LogP contribution in [0.4, 0.5) is 18.9 Å². The van der Waals surface area contributed by atoms with E-state index in [1.54, 1.807) is 16.8 Å². The Morgan fingerprint density at radius 1 is 1.12 bits per heavy atom. The van der Waals surface area contributed by atoms with Gasteiger partial charge < -0.3 is 14.5 Å². The first-order chi connectivity index (χ1) is 16.0. The van der Waals surface area contributed by atoms with E-state index in [9.17, 15) is 18.0 Å². The fourth-order valence-corrected chi connectivity index (χ4v) is 5.21. The maximum atomic E-state index is 13.5. The van der Waals surface area contributed by atoms with Crippen molar-refractivity contribution in [2.45, 2.75) is 44.1 Å². The third-order valence-corrected chi connectivity index (χ3v) is 6.87. The molecule has 1 aliphatic carbocycles. The number of hydrogen-bond acceptors (Lipinski definition) is 5. The second-order valence-electron chi connectivity index (χ2n) is 8.93. The number of carbonyl (C=O) groups is 1. The fourth-order valence-electron chi connectivity index (χ4n) is 5.21. The van der Waals surface area contributed by atoms with Crippen LogP contribution in [0.1, 0.15) is 19.3 Å². The molecule has 5 heterocycles. The van der Waals surface area contributed by atoms with Gasteiger partial charge in [-0.1, -0.05) is 0 Å². The van der Waals surface area contributed by atoms with Gasteiger partial charge in [0.2, 0.25) is 11.8 Å². The minimum atomic E-state index is -2.92. The molecule has 172 valence electrons. The van der Waals surface area contributed by atoms with E-state index in [1.165, 1.54) is 12.3 Å². The van der Waals surface area contributed by atoms with Gasteiger partial charge in [-0.25, -0.2) is 13.9 Å². The number of rotatable bonds is 5. The summed E-state index contributed by atoms with van der Waals surface area (Å²) in [4.78, 5) is 20.9. The third kappa shape index (κ3) is 3.57. The highest BCUT2D eigenvalue weighted by molar-refractivity contribution is 5.84. The van der Waals surface area contributed by atoms with Crippen molar-refractivity contribution >= 4 is 17.1 Å². The minimum absolute atomic E-state index is 0.0220. The average Bonchev–Trinajstić information content (AvgIpc) is 3.26. The lowest BCUT2D eigenvalue weighted by Gasteiger charge is -2.42. The van der Waals surface area contributed by atoms with Crippen molar-refractivity contribution in [3.05, 3.63) is 42.9 Å². The monoisotopic (exact) mass is 457 g/mol. The van der Waals surface area contributed by atoms with Crippen molar-refractivity contribution in [3.8, 4) is 17.0 Å². The predicted molar refractivity (Wildman–Crippen MR) is 114 cm³/mol. The average molecular weight is 457 g/mol. The van der Waals surface area contributed by atoms with Gasteiger partial charge >= 0.3 is 6.61 Å². The van der Waals surface area contributed by atoms with Crippen molar-refractivity contribution < 1.29 is 22.7 Å². The molecule has 2 saturated heterocycles. The van der Waals surface area contributed by atoms with Crippen LogP contribution in [0.25, 0.3) is 16.6 Å². The van der Waals surface area contributed by atoms with Gasteiger partial charge in [0.25, 0.3) is 0 Å². The van der Waals surface area contributed by atoms with Crippen molar-refractivity contribution in [1.29, 1.82) is 0 Å². The Balaban J connectivity index is 1.26. The van der Waals surface area contributed by atoms with Crippen LogP contribution in [0, 0.1) is 5.92 Å². The van der Waals surface area contributed by atoms with Crippen molar-refractivity contribution in [1.82, 2.24) is 19.5 Å². The molecule has 1 saturated carbocycles. The summed E-state index contributed by atoms with van der Waals surface area (Å²) >= 11 is 0. The first kappa shape index (κ1) is 20.3. The van der Waals surface area contributed by atoms with Gasteiger partial charge in [-0.3, -0.25) is 4.79 Å². The predicted octanol–water partition coefficient (Wildman–Crippen LogP) is 3.54. The van der Waals surface area contributed by atoms with E-state index >= 15 is 0 Å². The molecule has 6 rings (SSSR count). The number of piperazine rings is 1. The van der Waals surface area contributed by atoms with Crippen LogP contribution < -0.4 is 9.64 Å². The zero-order chi connectivity index (χ0) is 22.7. The van der Waals surface area contributed by atoms with Gasteiger partial charge in [0, 0.05) is 61.0 Å². The van der Waals surface area contributed by atoms with Crippen LogP contribution >= 0.6 is 0 Å². The minimum Gasteiger partial charge on any atom is -0.417 e. The Labute approximate surface area is 187 Å². The Bertz CT molecular complexity index is 1190. The Morgan fingerprint density at radius 3 is 2.52 bits per heavy atom. The lowest BCUT2D eigenvalue weighted by molar-refractivity contribution is -0.136. The molecular formula is C23H22F3N5O2. The summed E-state index contributed by atoms with van der Waals surface area (Å²) in [6.07, 6.45) is 6.35. The molecule has 1 amide bonds. The molecule has 0 aromatic carbocycles. The normalized spacial score (nSPS) is 26.3. The topological polar surface area (TPSA) is 63.0 Å². The van der Waals surface area contributed by atoms with E-state index in [-0.39, 0.29) is 23.9 Å². The van der Waals surface area contributed by atoms with Crippen LogP contribution in [0.2, 0.25) is 0 Å². The largest absolute Gasteiger partial charge is 0.417 e. The van der Waals surface area contributed by atoms with E-state index in [0.29, 0.717) is 19.5 Å². The molecule has 3 aromatic rings. The summed E-state index contributed by atoms with van der Waals surface area (Å²) in [6, 6.07) is 7.24. The fraction of sp³-hybridized carbons (Fsp3) is 0.435. The number of alkyl halides is 3. The van der Waals surface area contributed by atoms with E-state index in [4.69, 9.17) is 0 Å². The maximum Gasteiger partial charge on any atom is 0.388 e. The quantitative estimate of drug-likeness (QED) is 0.587. The molecule has 33 heavy (non-hydrogen) atoms. The maximum absolute atomic E-state index is 13.5. The Hall–Kier alpha value is -3.30. The van der Waals surface area contributed by atoms with E-state index in [2.05, 4.69) is 19.7 Å². The molecule has 2 unspecified atom stereocenters. The highest BCUT2D eigenvalue weighted by atomic mass is 19.3. The number of carbonyl (C=O) groups excluding carboxylic acids is 1. The summed E-state index contributed by atoms with van der Waals surface area (Å²) in [6.45, 7) is -1.51. The van der Waals surface area contributed by atoms with Gasteiger partial charge in [-0.15, -0.1) is 0 Å². The van der Waals surface area contributed by atoms with Crippen LogP contribution in [-0.4, -0.2) is 63.4 Å². The number of halogens is 3. The van der Waals surface area contributed by atoms with Gasteiger partial charge in [0.15, 0.2) is 0 Å². The number of aromatic nitrogens is 3. The van der Waals surface area contributed by atoms with Gasteiger partial charge in [0.05, 0.1) is 17.1 Å². The first-order valence-electron chi connectivity index (χ1n) is 11.1. The third-order valence-electron chi connectivity index (χ3n) is 6.87. The number of pyridine rings is 1. The second kappa shape index (κ2) is 7.64. The number of ether oxygens (including phenoxy) is 1.